The average Bonchev–Trinajstić information content (AvgIpc) is 2.28. The number of carbonyl (C=O) groups is 1. The highest BCUT2D eigenvalue weighted by Crippen LogP contribution is 2.28. The van der Waals surface area contributed by atoms with Crippen LogP contribution < -0.4 is 10.5 Å². The summed E-state index contributed by atoms with van der Waals surface area (Å²) in [5, 5.41) is 0.541. The van der Waals surface area contributed by atoms with Crippen LogP contribution in [0.1, 0.15) is 11.3 Å². The monoisotopic (exact) mass is 248 g/mol. The van der Waals surface area contributed by atoms with Gasteiger partial charge >= 0.3 is 0 Å². The third kappa shape index (κ3) is 2.25. The van der Waals surface area contributed by atoms with Gasteiger partial charge in [-0.2, -0.15) is 0 Å². The fourth-order valence-corrected chi connectivity index (χ4v) is 1.90. The number of nitrogens with two attached hydrogens (primary N) is 1. The number of nitrogens with zero attached hydrogens (tertiary/aromatic N) is 1. The molecule has 4 nitrogen and oxygen atoms in total. The Morgan fingerprint density at radius 3 is 2.78 bits per heavy atom. The predicted octanol–water partition coefficient (Wildman–Crippen LogP) is 1.72. The maximum atomic E-state index is 13.9. The normalized spacial score (nSPS) is 10.6. The molecule has 5 heteroatoms. The molecule has 2 aromatic rings. The fourth-order valence-electron chi connectivity index (χ4n) is 1.90. The van der Waals surface area contributed by atoms with Crippen molar-refractivity contribution in [3.63, 3.8) is 0 Å². The zero-order valence-electron chi connectivity index (χ0n) is 10.2. The zero-order valence-corrected chi connectivity index (χ0v) is 10.2. The van der Waals surface area contributed by atoms with Crippen LogP contribution in [0.3, 0.4) is 0 Å². The van der Waals surface area contributed by atoms with Gasteiger partial charge in [-0.05, 0) is 24.6 Å². The molecule has 1 amide bonds. The van der Waals surface area contributed by atoms with Crippen LogP contribution in [0.4, 0.5) is 4.39 Å². The third-order valence-electron chi connectivity index (χ3n) is 2.62. The molecule has 1 aromatic carbocycles. The first-order chi connectivity index (χ1) is 8.51. The second-order valence-corrected chi connectivity index (χ2v) is 4.08. The minimum Gasteiger partial charge on any atom is -0.496 e. The minimum absolute atomic E-state index is 0.0100. The summed E-state index contributed by atoms with van der Waals surface area (Å²) in [5.41, 5.74) is 6.52. The van der Waals surface area contributed by atoms with E-state index in [9.17, 15) is 9.18 Å². The number of halogens is 1. The van der Waals surface area contributed by atoms with Gasteiger partial charge in [0.25, 0.3) is 0 Å². The van der Waals surface area contributed by atoms with Gasteiger partial charge in [-0.3, -0.25) is 4.79 Å². The third-order valence-corrected chi connectivity index (χ3v) is 2.62. The van der Waals surface area contributed by atoms with Crippen molar-refractivity contribution in [3.05, 3.63) is 35.3 Å². The van der Waals surface area contributed by atoms with Crippen molar-refractivity contribution in [2.24, 2.45) is 5.73 Å². The van der Waals surface area contributed by atoms with Gasteiger partial charge in [0.15, 0.2) is 0 Å². The molecule has 0 aliphatic rings. The molecule has 18 heavy (non-hydrogen) atoms. The summed E-state index contributed by atoms with van der Waals surface area (Å²) in [6.07, 6.45) is -0.0100. The fraction of sp³-hybridized carbons (Fsp3) is 0.231. The lowest BCUT2D eigenvalue weighted by Gasteiger charge is -2.09. The molecule has 1 heterocycles. The molecular formula is C13H13FN2O2. The summed E-state index contributed by atoms with van der Waals surface area (Å²) >= 11 is 0. The summed E-state index contributed by atoms with van der Waals surface area (Å²) in [7, 11) is 1.51. The molecule has 0 bridgehead atoms. The van der Waals surface area contributed by atoms with Crippen molar-refractivity contribution in [2.45, 2.75) is 13.3 Å². The predicted molar refractivity (Wildman–Crippen MR) is 65.9 cm³/mol. The Balaban J connectivity index is 2.70. The Morgan fingerprint density at radius 2 is 2.17 bits per heavy atom. The van der Waals surface area contributed by atoms with Gasteiger partial charge in [-0.1, -0.05) is 0 Å². The molecule has 0 fully saturated rings. The molecule has 0 saturated carbocycles. The van der Waals surface area contributed by atoms with Gasteiger partial charge < -0.3 is 10.5 Å². The van der Waals surface area contributed by atoms with Gasteiger partial charge in [-0.15, -0.1) is 0 Å². The lowest BCUT2D eigenvalue weighted by atomic mass is 10.1. The number of carbonyl (C=O) groups excluding carboxylic acids is 1. The van der Waals surface area contributed by atoms with E-state index >= 15 is 0 Å². The molecule has 1 aromatic heterocycles. The number of benzene rings is 1. The van der Waals surface area contributed by atoms with E-state index in [1.54, 1.807) is 19.1 Å². The SMILES string of the molecule is COc1cc(C)nc2c(F)cc(CC(N)=O)cc12. The topological polar surface area (TPSA) is 65.2 Å². The summed E-state index contributed by atoms with van der Waals surface area (Å²) in [6, 6.07) is 4.67. The van der Waals surface area contributed by atoms with Gasteiger partial charge in [0.2, 0.25) is 5.91 Å². The van der Waals surface area contributed by atoms with Crippen LogP contribution in [-0.2, 0) is 11.2 Å². The molecule has 94 valence electrons. The number of ether oxygens (including phenoxy) is 1. The smallest absolute Gasteiger partial charge is 0.221 e. The number of hydrogen-bond donors (Lipinski definition) is 1. The number of rotatable bonds is 3. The maximum Gasteiger partial charge on any atom is 0.221 e. The van der Waals surface area contributed by atoms with Crippen LogP contribution in [0.5, 0.6) is 5.75 Å². The number of hydrogen-bond acceptors (Lipinski definition) is 3. The number of fused-ring (bicyclic) bond motifs is 1. The molecule has 0 atom stereocenters. The van der Waals surface area contributed by atoms with E-state index in [4.69, 9.17) is 10.5 Å². The van der Waals surface area contributed by atoms with Crippen LogP contribution in [0.2, 0.25) is 0 Å². The summed E-state index contributed by atoms with van der Waals surface area (Å²) in [4.78, 5) is 15.0. The second-order valence-electron chi connectivity index (χ2n) is 4.08. The standard InChI is InChI=1S/C13H13FN2O2/c1-7-3-11(18-2)9-4-8(6-12(15)17)5-10(14)13(9)16-7/h3-5H,6H2,1-2H3,(H2,15,17). The Labute approximate surface area is 104 Å². The highest BCUT2D eigenvalue weighted by Gasteiger charge is 2.11. The highest BCUT2D eigenvalue weighted by atomic mass is 19.1. The van der Waals surface area contributed by atoms with E-state index in [-0.39, 0.29) is 11.9 Å². The van der Waals surface area contributed by atoms with Crippen molar-refractivity contribution >= 4 is 16.8 Å². The van der Waals surface area contributed by atoms with Gasteiger partial charge in [-0.25, -0.2) is 9.37 Å². The van der Waals surface area contributed by atoms with Crippen LogP contribution in [0, 0.1) is 12.7 Å². The quantitative estimate of drug-likeness (QED) is 0.899. The zero-order chi connectivity index (χ0) is 13.3. The van der Waals surface area contributed by atoms with E-state index in [1.807, 2.05) is 0 Å². The van der Waals surface area contributed by atoms with Crippen LogP contribution >= 0.6 is 0 Å². The largest absolute Gasteiger partial charge is 0.496 e. The van der Waals surface area contributed by atoms with Crippen molar-refractivity contribution in [2.75, 3.05) is 7.11 Å². The first-order valence-corrected chi connectivity index (χ1v) is 5.43. The Hall–Kier alpha value is -2.17. The molecule has 0 aliphatic heterocycles. The molecule has 2 rings (SSSR count). The number of aryl methyl sites for hydroxylation is 1. The van der Waals surface area contributed by atoms with E-state index in [2.05, 4.69) is 4.98 Å². The first-order valence-electron chi connectivity index (χ1n) is 5.43. The average molecular weight is 248 g/mol. The summed E-state index contributed by atoms with van der Waals surface area (Å²) in [6.45, 7) is 1.76. The molecule has 0 radical (unpaired) electrons. The molecule has 0 spiro atoms. The molecule has 0 unspecified atom stereocenters. The van der Waals surface area contributed by atoms with E-state index in [0.717, 1.165) is 0 Å². The Kier molecular flexibility index (Phi) is 3.14. The summed E-state index contributed by atoms with van der Waals surface area (Å²) in [5.74, 6) is -0.457. The van der Waals surface area contributed by atoms with E-state index < -0.39 is 11.7 Å². The first kappa shape index (κ1) is 12.3. The number of primary amides is 1. The van der Waals surface area contributed by atoms with E-state index in [1.165, 1.54) is 13.2 Å². The maximum absolute atomic E-state index is 13.9. The van der Waals surface area contributed by atoms with Crippen LogP contribution in [0.15, 0.2) is 18.2 Å². The van der Waals surface area contributed by atoms with E-state index in [0.29, 0.717) is 22.4 Å². The van der Waals surface area contributed by atoms with Gasteiger partial charge in [0.1, 0.15) is 17.1 Å². The lowest BCUT2D eigenvalue weighted by Crippen LogP contribution is -2.13. The second kappa shape index (κ2) is 4.60. The molecular weight excluding hydrogens is 235 g/mol. The number of methoxy groups -OCH3 is 1. The van der Waals surface area contributed by atoms with Crippen LogP contribution in [0.25, 0.3) is 10.9 Å². The van der Waals surface area contributed by atoms with Gasteiger partial charge in [0.05, 0.1) is 13.5 Å². The molecule has 2 N–H and O–H groups in total. The Bertz CT molecular complexity index is 626. The van der Waals surface area contributed by atoms with Crippen molar-refractivity contribution in [3.8, 4) is 5.75 Å². The van der Waals surface area contributed by atoms with Gasteiger partial charge in [0, 0.05) is 17.1 Å². The molecule has 0 saturated heterocycles. The number of amides is 1. The van der Waals surface area contributed by atoms with Crippen molar-refractivity contribution in [1.29, 1.82) is 0 Å². The Morgan fingerprint density at radius 1 is 1.44 bits per heavy atom. The highest BCUT2D eigenvalue weighted by molar-refractivity contribution is 5.87. The van der Waals surface area contributed by atoms with Crippen molar-refractivity contribution in [1.82, 2.24) is 4.98 Å². The number of pyridine rings is 1. The molecule has 0 aliphatic carbocycles. The number of aromatic nitrogens is 1. The minimum atomic E-state index is -0.507. The van der Waals surface area contributed by atoms with Crippen molar-refractivity contribution < 1.29 is 13.9 Å². The van der Waals surface area contributed by atoms with Crippen LogP contribution in [-0.4, -0.2) is 18.0 Å². The summed E-state index contributed by atoms with van der Waals surface area (Å²) < 4.78 is 19.1. The lowest BCUT2D eigenvalue weighted by molar-refractivity contribution is -0.117.